The average Bonchev–Trinajstić information content (AvgIpc) is 3.40. The van der Waals surface area contributed by atoms with Crippen LogP contribution in [0.1, 0.15) is 38.9 Å². The van der Waals surface area contributed by atoms with Gasteiger partial charge in [-0.2, -0.15) is 8.96 Å². The number of hydrogen-bond acceptors (Lipinski definition) is 7. The maximum atomic E-state index is 14.8. The molecule has 204 valence electrons. The lowest BCUT2D eigenvalue weighted by atomic mass is 10.1. The minimum absolute atomic E-state index is 0.0426. The van der Waals surface area contributed by atoms with Crippen molar-refractivity contribution < 1.29 is 28.2 Å². The molecule has 40 heavy (non-hydrogen) atoms. The van der Waals surface area contributed by atoms with E-state index in [1.807, 2.05) is 30.3 Å². The first kappa shape index (κ1) is 26.9. The highest BCUT2D eigenvalue weighted by molar-refractivity contribution is 5.95. The van der Waals surface area contributed by atoms with E-state index in [0.29, 0.717) is 5.56 Å². The van der Waals surface area contributed by atoms with E-state index >= 15 is 0 Å². The molecule has 1 aromatic heterocycles. The molecule has 0 bridgehead atoms. The first-order valence-corrected chi connectivity index (χ1v) is 12.6. The normalized spacial score (nSPS) is 18.4. The van der Waals surface area contributed by atoms with Crippen molar-refractivity contribution in [3.8, 4) is 0 Å². The molecular weight excluding hydrogens is 519 g/mol. The number of hydrogen-bond donors (Lipinski definition) is 0. The number of aromatic nitrogens is 2. The molecule has 1 aliphatic rings. The van der Waals surface area contributed by atoms with E-state index < -0.39 is 47.4 Å². The molecule has 5 rings (SSSR count). The van der Waals surface area contributed by atoms with Gasteiger partial charge >= 0.3 is 11.7 Å². The highest BCUT2D eigenvalue weighted by Crippen LogP contribution is 2.31. The summed E-state index contributed by atoms with van der Waals surface area (Å²) in [6, 6.07) is 25.4. The number of carbonyl (C=O) groups excluding carboxylic acids is 2. The molecule has 0 saturated carbocycles. The Morgan fingerprint density at radius 2 is 1.48 bits per heavy atom. The lowest BCUT2D eigenvalue weighted by molar-refractivity contribution is -0.0710. The molecule has 10 heteroatoms. The topological polar surface area (TPSA) is 106 Å². The molecule has 4 aromatic rings. The Bertz CT molecular complexity index is 1600. The molecule has 0 spiro atoms. The predicted octanol–water partition coefficient (Wildman–Crippen LogP) is 3.57. The summed E-state index contributed by atoms with van der Waals surface area (Å²) in [5.41, 5.74) is -1.15. The Balaban J connectivity index is 1.41. The largest absolute Gasteiger partial charge is 0.459 e. The van der Waals surface area contributed by atoms with Gasteiger partial charge < -0.3 is 14.2 Å². The van der Waals surface area contributed by atoms with Crippen LogP contribution >= 0.6 is 0 Å². The van der Waals surface area contributed by atoms with Gasteiger partial charge in [-0.1, -0.05) is 66.7 Å². The predicted molar refractivity (Wildman–Crippen MR) is 141 cm³/mol. The van der Waals surface area contributed by atoms with Crippen LogP contribution in [0.3, 0.4) is 0 Å². The Kier molecular flexibility index (Phi) is 8.09. The smallest absolute Gasteiger partial charge is 0.340 e. The minimum Gasteiger partial charge on any atom is -0.459 e. The van der Waals surface area contributed by atoms with Gasteiger partial charge in [0.05, 0.1) is 24.5 Å². The SMILES string of the molecule is O=C(OC[C@@H]1O[C@H](n2cc(F)c(=O)n(C(=O)c3ccccc3)c2=O)CC1OCc1ccccc1)c1ccccc1. The Hall–Kier alpha value is -4.67. The highest BCUT2D eigenvalue weighted by atomic mass is 19.1. The summed E-state index contributed by atoms with van der Waals surface area (Å²) in [6.07, 6.45) is -1.79. The minimum atomic E-state index is -1.36. The van der Waals surface area contributed by atoms with Crippen molar-refractivity contribution >= 4 is 11.9 Å². The maximum Gasteiger partial charge on any atom is 0.340 e. The van der Waals surface area contributed by atoms with Crippen molar-refractivity contribution in [2.45, 2.75) is 31.5 Å². The van der Waals surface area contributed by atoms with Crippen molar-refractivity contribution in [3.63, 3.8) is 0 Å². The summed E-state index contributed by atoms with van der Waals surface area (Å²) in [7, 11) is 0. The number of esters is 1. The van der Waals surface area contributed by atoms with Crippen LogP contribution in [0.15, 0.2) is 107 Å². The van der Waals surface area contributed by atoms with E-state index in [4.69, 9.17) is 14.2 Å². The number of carbonyl (C=O) groups is 2. The molecule has 1 unspecified atom stereocenters. The van der Waals surface area contributed by atoms with Gasteiger partial charge in [0.1, 0.15) is 18.9 Å². The number of benzene rings is 3. The molecular formula is C30H25FN2O7. The second-order valence-corrected chi connectivity index (χ2v) is 9.14. The van der Waals surface area contributed by atoms with E-state index in [1.54, 1.807) is 48.5 Å². The van der Waals surface area contributed by atoms with Crippen molar-refractivity contribution in [1.29, 1.82) is 0 Å². The monoisotopic (exact) mass is 544 g/mol. The first-order chi connectivity index (χ1) is 19.4. The van der Waals surface area contributed by atoms with Crippen LogP contribution in [0.2, 0.25) is 0 Å². The zero-order valence-electron chi connectivity index (χ0n) is 21.2. The summed E-state index contributed by atoms with van der Waals surface area (Å²) in [4.78, 5) is 51.3. The van der Waals surface area contributed by atoms with E-state index in [9.17, 15) is 23.6 Å². The third-order valence-electron chi connectivity index (χ3n) is 6.48. The fourth-order valence-corrected chi connectivity index (χ4v) is 4.43. The summed E-state index contributed by atoms with van der Waals surface area (Å²) in [6.45, 7) is 0.00344. The van der Waals surface area contributed by atoms with Crippen molar-refractivity contribution in [2.75, 3.05) is 6.61 Å². The number of halogens is 1. The lowest BCUT2D eigenvalue weighted by Gasteiger charge is -2.19. The maximum absolute atomic E-state index is 14.8. The molecule has 1 fully saturated rings. The molecule has 3 aromatic carbocycles. The molecule has 1 aliphatic heterocycles. The van der Waals surface area contributed by atoms with Gasteiger partial charge in [0.2, 0.25) is 5.82 Å². The molecule has 2 heterocycles. The lowest BCUT2D eigenvalue weighted by Crippen LogP contribution is -2.46. The second kappa shape index (κ2) is 12.0. The average molecular weight is 545 g/mol. The fourth-order valence-electron chi connectivity index (χ4n) is 4.43. The van der Waals surface area contributed by atoms with Crippen LogP contribution in [0.25, 0.3) is 0 Å². The Labute approximate surface area is 228 Å². The van der Waals surface area contributed by atoms with Gasteiger partial charge in [0.25, 0.3) is 11.5 Å². The van der Waals surface area contributed by atoms with Crippen LogP contribution in [0.4, 0.5) is 4.39 Å². The molecule has 0 aliphatic carbocycles. The van der Waals surface area contributed by atoms with Crippen molar-refractivity contribution in [2.24, 2.45) is 0 Å². The molecule has 0 radical (unpaired) electrons. The van der Waals surface area contributed by atoms with Crippen molar-refractivity contribution in [3.05, 3.63) is 141 Å². The van der Waals surface area contributed by atoms with Gasteiger partial charge in [-0.3, -0.25) is 14.2 Å². The molecule has 3 atom stereocenters. The van der Waals surface area contributed by atoms with E-state index in [1.165, 1.54) is 12.1 Å². The molecule has 0 amide bonds. The Morgan fingerprint density at radius 1 is 0.875 bits per heavy atom. The van der Waals surface area contributed by atoms with Gasteiger partial charge in [0.15, 0.2) is 0 Å². The number of nitrogens with zero attached hydrogens (tertiary/aromatic N) is 2. The van der Waals surface area contributed by atoms with E-state index in [-0.39, 0.29) is 29.8 Å². The summed E-state index contributed by atoms with van der Waals surface area (Å²) < 4.78 is 33.4. The van der Waals surface area contributed by atoms with Gasteiger partial charge in [-0.05, 0) is 29.8 Å². The summed E-state index contributed by atoms with van der Waals surface area (Å²) in [5, 5.41) is 0. The molecule has 1 saturated heterocycles. The zero-order chi connectivity index (χ0) is 28.1. The second-order valence-electron chi connectivity index (χ2n) is 9.14. The van der Waals surface area contributed by atoms with Crippen LogP contribution in [-0.4, -0.2) is 39.8 Å². The third kappa shape index (κ3) is 5.83. The van der Waals surface area contributed by atoms with Crippen LogP contribution < -0.4 is 11.2 Å². The van der Waals surface area contributed by atoms with Gasteiger partial charge in [-0.25, -0.2) is 9.59 Å². The Morgan fingerprint density at radius 3 is 2.12 bits per heavy atom. The number of ether oxygens (including phenoxy) is 3. The fraction of sp³-hybridized carbons (Fsp3) is 0.200. The molecule has 9 nitrogen and oxygen atoms in total. The molecule has 0 N–H and O–H groups in total. The third-order valence-corrected chi connectivity index (χ3v) is 6.48. The quantitative estimate of drug-likeness (QED) is 0.312. The van der Waals surface area contributed by atoms with Crippen molar-refractivity contribution in [1.82, 2.24) is 9.13 Å². The summed E-state index contributed by atoms with van der Waals surface area (Å²) in [5.74, 6) is -2.83. The van der Waals surface area contributed by atoms with Crippen LogP contribution in [0.5, 0.6) is 0 Å². The first-order valence-electron chi connectivity index (χ1n) is 12.6. The zero-order valence-corrected chi connectivity index (χ0v) is 21.2. The van der Waals surface area contributed by atoms with Crippen LogP contribution in [0, 0.1) is 5.82 Å². The van der Waals surface area contributed by atoms with Gasteiger partial charge in [-0.15, -0.1) is 0 Å². The highest BCUT2D eigenvalue weighted by Gasteiger charge is 2.39. The number of rotatable bonds is 8. The standard InChI is InChI=1S/C30H25FN2O7/c31-23-17-32(30(37)33(28(23)35)27(34)21-12-6-2-7-13-21)26-16-24(38-18-20-10-4-1-5-11-20)25(40-26)19-39-29(36)22-14-8-3-9-15-22/h1-15,17,24-26H,16,18-19H2/t24?,25-,26-/m0/s1. The van der Waals surface area contributed by atoms with E-state index in [2.05, 4.69) is 0 Å². The van der Waals surface area contributed by atoms with Gasteiger partial charge in [0, 0.05) is 12.0 Å². The summed E-state index contributed by atoms with van der Waals surface area (Å²) >= 11 is 0. The van der Waals surface area contributed by atoms with E-state index in [0.717, 1.165) is 16.3 Å². The van der Waals surface area contributed by atoms with Crippen LogP contribution in [-0.2, 0) is 20.8 Å².